The summed E-state index contributed by atoms with van der Waals surface area (Å²) in [7, 11) is 0. The Balaban J connectivity index is 2.06. The van der Waals surface area contributed by atoms with E-state index in [0.29, 0.717) is 17.3 Å². The van der Waals surface area contributed by atoms with Crippen LogP contribution >= 0.6 is 27.5 Å². The Hall–Kier alpha value is -1.40. The molecule has 0 amide bonds. The zero-order chi connectivity index (χ0) is 15.5. The Labute approximate surface area is 133 Å². The Morgan fingerprint density at radius 1 is 1.14 bits per heavy atom. The molecule has 0 radical (unpaired) electrons. The van der Waals surface area contributed by atoms with Gasteiger partial charge in [0.05, 0.1) is 0 Å². The summed E-state index contributed by atoms with van der Waals surface area (Å²) in [4.78, 5) is 0. The van der Waals surface area contributed by atoms with Crippen molar-refractivity contribution >= 4 is 33.2 Å². The molecular weight excluding hydrogens is 371 g/mol. The molecule has 0 unspecified atom stereocenters. The third kappa shape index (κ3) is 5.13. The number of anilines is 1. The van der Waals surface area contributed by atoms with Crippen molar-refractivity contribution in [3.63, 3.8) is 0 Å². The van der Waals surface area contributed by atoms with E-state index < -0.39 is 6.36 Å². The first-order valence-corrected chi connectivity index (χ1v) is 7.04. The fourth-order valence-electron chi connectivity index (χ4n) is 1.68. The van der Waals surface area contributed by atoms with E-state index in [0.717, 1.165) is 10.0 Å². The molecule has 0 saturated heterocycles. The fourth-order valence-corrected chi connectivity index (χ4v) is 2.27. The topological polar surface area (TPSA) is 21.3 Å². The highest BCUT2D eigenvalue weighted by molar-refractivity contribution is 9.10. The largest absolute Gasteiger partial charge is 0.573 e. The Morgan fingerprint density at radius 3 is 2.62 bits per heavy atom. The lowest BCUT2D eigenvalue weighted by Crippen LogP contribution is -2.17. The van der Waals surface area contributed by atoms with E-state index in [1.54, 1.807) is 12.1 Å². The first-order chi connectivity index (χ1) is 9.83. The number of hydrogen-bond acceptors (Lipinski definition) is 2. The summed E-state index contributed by atoms with van der Waals surface area (Å²) < 4.78 is 41.2. The van der Waals surface area contributed by atoms with Crippen LogP contribution in [0.1, 0.15) is 5.56 Å². The molecule has 0 bridgehead atoms. The van der Waals surface area contributed by atoms with Gasteiger partial charge in [0.15, 0.2) is 0 Å². The predicted molar refractivity (Wildman–Crippen MR) is 79.6 cm³/mol. The molecule has 21 heavy (non-hydrogen) atoms. The number of hydrogen-bond donors (Lipinski definition) is 1. The van der Waals surface area contributed by atoms with Crippen molar-refractivity contribution in [1.82, 2.24) is 0 Å². The van der Waals surface area contributed by atoms with Gasteiger partial charge < -0.3 is 10.1 Å². The maximum Gasteiger partial charge on any atom is 0.573 e. The molecular formula is C14H10BrClF3NO. The van der Waals surface area contributed by atoms with Crippen molar-refractivity contribution in [2.45, 2.75) is 12.9 Å². The van der Waals surface area contributed by atoms with Crippen LogP contribution in [-0.2, 0) is 6.54 Å². The monoisotopic (exact) mass is 379 g/mol. The molecule has 0 aliphatic carbocycles. The highest BCUT2D eigenvalue weighted by Crippen LogP contribution is 2.26. The fraction of sp³-hybridized carbons (Fsp3) is 0.143. The van der Waals surface area contributed by atoms with E-state index in [2.05, 4.69) is 26.0 Å². The molecule has 0 aliphatic heterocycles. The van der Waals surface area contributed by atoms with E-state index in [4.69, 9.17) is 11.6 Å². The van der Waals surface area contributed by atoms with Crippen LogP contribution in [0.15, 0.2) is 46.9 Å². The summed E-state index contributed by atoms with van der Waals surface area (Å²) in [6.07, 6.45) is -4.70. The van der Waals surface area contributed by atoms with Crippen molar-refractivity contribution in [2.24, 2.45) is 0 Å². The van der Waals surface area contributed by atoms with Gasteiger partial charge in [0.25, 0.3) is 0 Å². The van der Waals surface area contributed by atoms with Gasteiger partial charge in [-0.1, -0.05) is 33.6 Å². The molecule has 2 nitrogen and oxygen atoms in total. The maximum atomic E-state index is 12.2. The Morgan fingerprint density at radius 2 is 1.90 bits per heavy atom. The molecule has 0 aromatic heterocycles. The van der Waals surface area contributed by atoms with Crippen molar-refractivity contribution in [3.05, 3.63) is 57.5 Å². The molecule has 2 aromatic rings. The molecule has 112 valence electrons. The van der Waals surface area contributed by atoms with E-state index in [1.165, 1.54) is 18.2 Å². The van der Waals surface area contributed by atoms with E-state index in [-0.39, 0.29) is 5.75 Å². The second-order valence-electron chi connectivity index (χ2n) is 4.16. The first-order valence-electron chi connectivity index (χ1n) is 5.87. The van der Waals surface area contributed by atoms with Crippen molar-refractivity contribution < 1.29 is 17.9 Å². The minimum absolute atomic E-state index is 0.271. The molecule has 0 atom stereocenters. The lowest BCUT2D eigenvalue weighted by molar-refractivity contribution is -0.274. The van der Waals surface area contributed by atoms with Gasteiger partial charge in [-0.15, -0.1) is 13.2 Å². The summed E-state index contributed by atoms with van der Waals surface area (Å²) in [5.41, 5.74) is 1.33. The highest BCUT2D eigenvalue weighted by Gasteiger charge is 2.31. The lowest BCUT2D eigenvalue weighted by Gasteiger charge is -2.12. The predicted octanol–water partition coefficient (Wildman–Crippen LogP) is 5.61. The second kappa shape index (κ2) is 6.58. The van der Waals surface area contributed by atoms with Crippen molar-refractivity contribution in [2.75, 3.05) is 5.32 Å². The summed E-state index contributed by atoms with van der Waals surface area (Å²) in [6, 6.07) is 11.0. The van der Waals surface area contributed by atoms with E-state index in [9.17, 15) is 13.2 Å². The molecule has 2 aromatic carbocycles. The van der Waals surface area contributed by atoms with Crippen LogP contribution in [0.3, 0.4) is 0 Å². The van der Waals surface area contributed by atoms with Crippen molar-refractivity contribution in [3.8, 4) is 5.75 Å². The SMILES string of the molecule is FC(F)(F)Oc1cccc(NCc2cc(Br)ccc2Cl)c1. The van der Waals surface area contributed by atoms with Gasteiger partial charge in [-0.05, 0) is 35.9 Å². The third-order valence-corrected chi connectivity index (χ3v) is 3.42. The molecule has 0 saturated carbocycles. The van der Waals surface area contributed by atoms with Crippen LogP contribution in [-0.4, -0.2) is 6.36 Å². The maximum absolute atomic E-state index is 12.2. The van der Waals surface area contributed by atoms with Gasteiger partial charge in [0.2, 0.25) is 0 Å². The van der Waals surface area contributed by atoms with Crippen LogP contribution in [0.25, 0.3) is 0 Å². The van der Waals surface area contributed by atoms with Crippen molar-refractivity contribution in [1.29, 1.82) is 0 Å². The summed E-state index contributed by atoms with van der Waals surface area (Å²) in [5.74, 6) is -0.271. The summed E-state index contributed by atoms with van der Waals surface area (Å²) >= 11 is 9.38. The molecule has 7 heteroatoms. The minimum atomic E-state index is -4.70. The normalized spacial score (nSPS) is 11.3. The van der Waals surface area contributed by atoms with Gasteiger partial charge in [-0.2, -0.15) is 0 Å². The average molecular weight is 381 g/mol. The number of ether oxygens (including phenoxy) is 1. The average Bonchev–Trinajstić information content (AvgIpc) is 2.38. The van der Waals surface area contributed by atoms with Crippen LogP contribution in [0.5, 0.6) is 5.75 Å². The van der Waals surface area contributed by atoms with Crippen LogP contribution in [0, 0.1) is 0 Å². The molecule has 0 aliphatic rings. The standard InChI is InChI=1S/C14H10BrClF3NO/c15-10-4-5-13(16)9(6-10)8-20-11-2-1-3-12(7-11)21-14(17,18)19/h1-7,20H,8H2. The summed E-state index contributed by atoms with van der Waals surface area (Å²) in [6.45, 7) is 0.383. The lowest BCUT2D eigenvalue weighted by atomic mass is 10.2. The number of alkyl halides is 3. The van der Waals surface area contributed by atoms with Gasteiger partial charge >= 0.3 is 6.36 Å². The Kier molecular flexibility index (Phi) is 5.00. The van der Waals surface area contributed by atoms with Gasteiger partial charge in [0.1, 0.15) is 5.75 Å². The number of halogens is 5. The quantitative estimate of drug-likeness (QED) is 0.744. The zero-order valence-corrected chi connectivity index (χ0v) is 12.9. The minimum Gasteiger partial charge on any atom is -0.406 e. The second-order valence-corrected chi connectivity index (χ2v) is 5.49. The number of nitrogens with one attached hydrogen (secondary N) is 1. The molecule has 2 rings (SSSR count). The first kappa shape index (κ1) is 16.0. The highest BCUT2D eigenvalue weighted by atomic mass is 79.9. The zero-order valence-electron chi connectivity index (χ0n) is 10.5. The van der Waals surface area contributed by atoms with Gasteiger partial charge in [-0.3, -0.25) is 0 Å². The number of rotatable bonds is 4. The van der Waals surface area contributed by atoms with Crippen LogP contribution in [0.2, 0.25) is 5.02 Å². The van der Waals surface area contributed by atoms with Crippen LogP contribution in [0.4, 0.5) is 18.9 Å². The summed E-state index contributed by atoms with van der Waals surface area (Å²) in [5, 5.41) is 3.58. The third-order valence-electron chi connectivity index (χ3n) is 2.56. The van der Waals surface area contributed by atoms with E-state index >= 15 is 0 Å². The smallest absolute Gasteiger partial charge is 0.406 e. The molecule has 0 fully saturated rings. The Bertz CT molecular complexity index is 634. The molecule has 1 N–H and O–H groups in total. The number of benzene rings is 2. The van der Waals surface area contributed by atoms with Gasteiger partial charge in [-0.25, -0.2) is 0 Å². The van der Waals surface area contributed by atoms with Gasteiger partial charge in [0, 0.05) is 27.8 Å². The molecule has 0 spiro atoms. The van der Waals surface area contributed by atoms with Crippen LogP contribution < -0.4 is 10.1 Å². The molecule has 0 heterocycles. The van der Waals surface area contributed by atoms with E-state index in [1.807, 2.05) is 12.1 Å².